The molecule has 0 amide bonds. The molecule has 0 aliphatic carbocycles. The van der Waals surface area contributed by atoms with Gasteiger partial charge in [-0.25, -0.2) is 0 Å². The van der Waals surface area contributed by atoms with Crippen LogP contribution in [0.25, 0.3) is 21.2 Å². The van der Waals surface area contributed by atoms with E-state index in [1.807, 2.05) is 24.4 Å². The average Bonchev–Trinajstić information content (AvgIpc) is 2.30. The molecule has 0 radical (unpaired) electrons. The van der Waals surface area contributed by atoms with Gasteiger partial charge in [-0.05, 0) is 29.0 Å². The second kappa shape index (κ2) is 4.44. The summed E-state index contributed by atoms with van der Waals surface area (Å²) in [7, 11) is 0. The summed E-state index contributed by atoms with van der Waals surface area (Å²) in [5.74, 6) is 0. The van der Waals surface area contributed by atoms with Crippen LogP contribution in [-0.2, 0) is 6.42 Å². The van der Waals surface area contributed by atoms with Gasteiger partial charge in [-0.3, -0.25) is 4.98 Å². The second-order valence-corrected chi connectivity index (χ2v) is 3.22. The number of nitrogens with zero attached hydrogens (tertiary/aromatic N) is 4. The summed E-state index contributed by atoms with van der Waals surface area (Å²) >= 11 is 0. The summed E-state index contributed by atoms with van der Waals surface area (Å²) < 4.78 is 0. The van der Waals surface area contributed by atoms with E-state index in [2.05, 4.69) is 21.1 Å². The van der Waals surface area contributed by atoms with Crippen molar-refractivity contribution in [3.05, 3.63) is 52.7 Å². The highest BCUT2D eigenvalue weighted by Crippen LogP contribution is 2.17. The summed E-state index contributed by atoms with van der Waals surface area (Å²) in [6.07, 6.45) is 4.39. The SMILES string of the molecule is [N-]=[N+]=NCCc1cccc2cnccc12. The van der Waals surface area contributed by atoms with Crippen molar-refractivity contribution >= 4 is 10.8 Å². The second-order valence-electron chi connectivity index (χ2n) is 3.22. The van der Waals surface area contributed by atoms with Gasteiger partial charge in [0.15, 0.2) is 0 Å². The molecule has 4 heteroatoms. The van der Waals surface area contributed by atoms with Gasteiger partial charge in [0.2, 0.25) is 0 Å². The first-order chi connectivity index (χ1) is 7.42. The van der Waals surface area contributed by atoms with Gasteiger partial charge in [-0.1, -0.05) is 23.3 Å². The molecule has 74 valence electrons. The standard InChI is InChI=1S/C11H10N4/c12-15-14-7-4-9-2-1-3-10-8-13-6-5-11(9)10/h1-3,5-6,8H,4,7H2. The highest BCUT2D eigenvalue weighted by Gasteiger charge is 1.98. The Labute approximate surface area is 87.2 Å². The first kappa shape index (κ1) is 9.49. The maximum atomic E-state index is 8.21. The van der Waals surface area contributed by atoms with E-state index in [4.69, 9.17) is 5.53 Å². The van der Waals surface area contributed by atoms with Crippen LogP contribution in [0.1, 0.15) is 5.56 Å². The molecule has 1 aromatic carbocycles. The van der Waals surface area contributed by atoms with Gasteiger partial charge in [0.25, 0.3) is 0 Å². The van der Waals surface area contributed by atoms with E-state index in [0.29, 0.717) is 6.54 Å². The van der Waals surface area contributed by atoms with Crippen molar-refractivity contribution in [2.45, 2.75) is 6.42 Å². The number of benzene rings is 1. The van der Waals surface area contributed by atoms with Crippen molar-refractivity contribution in [1.82, 2.24) is 4.98 Å². The van der Waals surface area contributed by atoms with Gasteiger partial charge >= 0.3 is 0 Å². The lowest BCUT2D eigenvalue weighted by Gasteiger charge is -2.03. The zero-order valence-corrected chi connectivity index (χ0v) is 8.17. The summed E-state index contributed by atoms with van der Waals surface area (Å²) in [6, 6.07) is 8.06. The van der Waals surface area contributed by atoms with Gasteiger partial charge < -0.3 is 0 Å². The average molecular weight is 198 g/mol. The van der Waals surface area contributed by atoms with E-state index >= 15 is 0 Å². The molecule has 1 aromatic heterocycles. The fourth-order valence-electron chi connectivity index (χ4n) is 1.62. The molecule has 2 rings (SSSR count). The van der Waals surface area contributed by atoms with Crippen molar-refractivity contribution < 1.29 is 0 Å². The number of pyridine rings is 1. The van der Waals surface area contributed by atoms with E-state index in [9.17, 15) is 0 Å². The van der Waals surface area contributed by atoms with E-state index in [0.717, 1.165) is 11.8 Å². The Morgan fingerprint density at radius 3 is 3.13 bits per heavy atom. The van der Waals surface area contributed by atoms with Crippen LogP contribution in [0.15, 0.2) is 41.8 Å². The number of rotatable bonds is 3. The Balaban J connectivity index is 2.37. The lowest BCUT2D eigenvalue weighted by Crippen LogP contribution is -1.90. The minimum absolute atomic E-state index is 0.498. The molecule has 0 fully saturated rings. The summed E-state index contributed by atoms with van der Waals surface area (Å²) in [4.78, 5) is 6.81. The molecular weight excluding hydrogens is 188 g/mol. The minimum Gasteiger partial charge on any atom is -0.264 e. The van der Waals surface area contributed by atoms with Crippen molar-refractivity contribution in [3.8, 4) is 0 Å². The third kappa shape index (κ3) is 2.06. The van der Waals surface area contributed by atoms with Crippen LogP contribution in [-0.4, -0.2) is 11.5 Å². The summed E-state index contributed by atoms with van der Waals surface area (Å²) in [5, 5.41) is 5.84. The van der Waals surface area contributed by atoms with E-state index in [1.165, 1.54) is 10.9 Å². The van der Waals surface area contributed by atoms with Gasteiger partial charge in [0.05, 0.1) is 0 Å². The number of hydrogen-bond acceptors (Lipinski definition) is 2. The van der Waals surface area contributed by atoms with Crippen LogP contribution in [0, 0.1) is 0 Å². The Kier molecular flexibility index (Phi) is 2.81. The van der Waals surface area contributed by atoms with E-state index in [-0.39, 0.29) is 0 Å². The van der Waals surface area contributed by atoms with Gasteiger partial charge in [-0.2, -0.15) is 0 Å². The quantitative estimate of drug-likeness (QED) is 0.424. The Morgan fingerprint density at radius 2 is 2.27 bits per heavy atom. The van der Waals surface area contributed by atoms with Crippen LogP contribution in [0.3, 0.4) is 0 Å². The zero-order chi connectivity index (χ0) is 10.5. The molecule has 1 heterocycles. The summed E-state index contributed by atoms with van der Waals surface area (Å²) in [5.41, 5.74) is 9.40. The third-order valence-corrected chi connectivity index (χ3v) is 2.32. The van der Waals surface area contributed by atoms with Crippen LogP contribution in [0.5, 0.6) is 0 Å². The lowest BCUT2D eigenvalue weighted by molar-refractivity contribution is 0.964. The number of fused-ring (bicyclic) bond motifs is 1. The van der Waals surface area contributed by atoms with Crippen LogP contribution >= 0.6 is 0 Å². The molecule has 0 atom stereocenters. The van der Waals surface area contributed by atoms with Crippen molar-refractivity contribution in [1.29, 1.82) is 0 Å². The zero-order valence-electron chi connectivity index (χ0n) is 8.17. The van der Waals surface area contributed by atoms with Crippen LogP contribution in [0.2, 0.25) is 0 Å². The number of aromatic nitrogens is 1. The Bertz CT molecular complexity index is 509. The van der Waals surface area contributed by atoms with E-state index in [1.54, 1.807) is 6.20 Å². The van der Waals surface area contributed by atoms with Gasteiger partial charge in [0.1, 0.15) is 0 Å². The molecule has 2 aromatic rings. The maximum Gasteiger partial charge on any atom is 0.0346 e. The van der Waals surface area contributed by atoms with Crippen LogP contribution < -0.4 is 0 Å². The maximum absolute atomic E-state index is 8.21. The fraction of sp³-hybridized carbons (Fsp3) is 0.182. The molecule has 0 aliphatic heterocycles. The fourth-order valence-corrected chi connectivity index (χ4v) is 1.62. The summed E-state index contributed by atoms with van der Waals surface area (Å²) in [6.45, 7) is 0.498. The number of hydrogen-bond donors (Lipinski definition) is 0. The molecule has 0 unspecified atom stereocenters. The smallest absolute Gasteiger partial charge is 0.0346 e. The van der Waals surface area contributed by atoms with Crippen LogP contribution in [0.4, 0.5) is 0 Å². The molecule has 0 saturated heterocycles. The topological polar surface area (TPSA) is 61.7 Å². The molecule has 4 nitrogen and oxygen atoms in total. The molecular formula is C11H10N4. The molecule has 0 aliphatic rings. The Morgan fingerprint density at radius 1 is 1.33 bits per heavy atom. The highest BCUT2D eigenvalue weighted by atomic mass is 15.1. The minimum atomic E-state index is 0.498. The molecule has 0 saturated carbocycles. The molecule has 0 bridgehead atoms. The molecule has 0 N–H and O–H groups in total. The predicted octanol–water partition coefficient (Wildman–Crippen LogP) is 3.09. The van der Waals surface area contributed by atoms with Crippen molar-refractivity contribution in [2.75, 3.05) is 6.54 Å². The van der Waals surface area contributed by atoms with Crippen molar-refractivity contribution in [2.24, 2.45) is 5.11 Å². The van der Waals surface area contributed by atoms with E-state index < -0.39 is 0 Å². The van der Waals surface area contributed by atoms with Crippen molar-refractivity contribution in [3.63, 3.8) is 0 Å². The number of azide groups is 1. The Hall–Kier alpha value is -2.06. The third-order valence-electron chi connectivity index (χ3n) is 2.32. The largest absolute Gasteiger partial charge is 0.264 e. The van der Waals surface area contributed by atoms with Gasteiger partial charge in [-0.15, -0.1) is 0 Å². The normalized spacial score (nSPS) is 9.87. The molecule has 15 heavy (non-hydrogen) atoms. The first-order valence-electron chi connectivity index (χ1n) is 4.74. The predicted molar refractivity (Wildman–Crippen MR) is 59.5 cm³/mol. The first-order valence-corrected chi connectivity index (χ1v) is 4.74. The molecule has 0 spiro atoms. The monoisotopic (exact) mass is 198 g/mol. The van der Waals surface area contributed by atoms with Gasteiger partial charge in [0, 0.05) is 29.2 Å². The lowest BCUT2D eigenvalue weighted by atomic mass is 10.0. The highest BCUT2D eigenvalue weighted by molar-refractivity contribution is 5.84.